The summed E-state index contributed by atoms with van der Waals surface area (Å²) >= 11 is 1.51. The van der Waals surface area contributed by atoms with Crippen LogP contribution in [0.25, 0.3) is 0 Å². The molecule has 1 aromatic carbocycles. The summed E-state index contributed by atoms with van der Waals surface area (Å²) in [5.74, 6) is 0.894. The molecule has 0 bridgehead atoms. The molecule has 0 heterocycles. The van der Waals surface area contributed by atoms with E-state index in [1.807, 2.05) is 12.1 Å². The van der Waals surface area contributed by atoms with E-state index < -0.39 is 0 Å². The van der Waals surface area contributed by atoms with Crippen LogP contribution in [0.15, 0.2) is 29.2 Å². The molecule has 6 heteroatoms. The van der Waals surface area contributed by atoms with Crippen LogP contribution in [0.3, 0.4) is 0 Å². The van der Waals surface area contributed by atoms with Crippen molar-refractivity contribution >= 4 is 23.6 Å². The Morgan fingerprint density at radius 3 is 1.94 bits per heavy atom. The third kappa shape index (κ3) is 16.6. The van der Waals surface area contributed by atoms with Gasteiger partial charge in [0.1, 0.15) is 5.75 Å². The molecule has 33 heavy (non-hydrogen) atoms. The maximum absolute atomic E-state index is 12.5. The molecule has 0 aliphatic heterocycles. The zero-order valence-electron chi connectivity index (χ0n) is 20.9. The van der Waals surface area contributed by atoms with Crippen LogP contribution < -0.4 is 10.6 Å². The van der Waals surface area contributed by atoms with E-state index >= 15 is 0 Å². The monoisotopic (exact) mass is 478 g/mol. The first-order valence-corrected chi connectivity index (χ1v) is 14.0. The second kappa shape index (κ2) is 19.7. The van der Waals surface area contributed by atoms with Gasteiger partial charge in [-0.05, 0) is 43.5 Å². The van der Waals surface area contributed by atoms with Gasteiger partial charge in [0, 0.05) is 24.4 Å². The lowest BCUT2D eigenvalue weighted by molar-refractivity contribution is -0.121. The topological polar surface area (TPSA) is 78.4 Å². The van der Waals surface area contributed by atoms with Crippen molar-refractivity contribution < 1.29 is 14.7 Å². The van der Waals surface area contributed by atoms with Crippen molar-refractivity contribution in [1.29, 1.82) is 0 Å². The summed E-state index contributed by atoms with van der Waals surface area (Å²) in [7, 11) is 1.69. The maximum atomic E-state index is 12.5. The highest BCUT2D eigenvalue weighted by atomic mass is 32.2. The van der Waals surface area contributed by atoms with Gasteiger partial charge in [0.2, 0.25) is 11.8 Å². The van der Waals surface area contributed by atoms with Crippen molar-refractivity contribution in [3.63, 3.8) is 0 Å². The molecule has 0 aliphatic carbocycles. The fourth-order valence-electron chi connectivity index (χ4n) is 3.93. The number of phenols is 1. The van der Waals surface area contributed by atoms with Crippen LogP contribution in [0.2, 0.25) is 0 Å². The van der Waals surface area contributed by atoms with E-state index in [1.165, 1.54) is 69.5 Å². The second-order valence-electron chi connectivity index (χ2n) is 8.94. The maximum Gasteiger partial charge on any atom is 0.230 e. The largest absolute Gasteiger partial charge is 0.508 e. The minimum atomic E-state index is 0.0998. The van der Waals surface area contributed by atoms with Gasteiger partial charge < -0.3 is 15.7 Å². The van der Waals surface area contributed by atoms with Crippen molar-refractivity contribution in [3.8, 4) is 5.75 Å². The predicted octanol–water partition coefficient (Wildman–Crippen LogP) is 6.59. The average molecular weight is 479 g/mol. The van der Waals surface area contributed by atoms with Crippen LogP contribution in [0, 0.1) is 0 Å². The number of amides is 2. The summed E-state index contributed by atoms with van der Waals surface area (Å²) in [6, 6.07) is 7.27. The molecule has 0 saturated heterocycles. The highest BCUT2D eigenvalue weighted by molar-refractivity contribution is 8.00. The van der Waals surface area contributed by atoms with Crippen LogP contribution in [0.5, 0.6) is 5.75 Å². The Morgan fingerprint density at radius 1 is 0.818 bits per heavy atom. The van der Waals surface area contributed by atoms with Gasteiger partial charge in [0.25, 0.3) is 0 Å². The Morgan fingerprint density at radius 2 is 1.36 bits per heavy atom. The normalized spacial score (nSPS) is 11.8. The number of phenolic OH excluding ortho intramolecular Hbond substituents is 1. The van der Waals surface area contributed by atoms with Gasteiger partial charge in [-0.1, -0.05) is 77.6 Å². The van der Waals surface area contributed by atoms with Gasteiger partial charge in [0.05, 0.1) is 5.75 Å². The lowest BCUT2D eigenvalue weighted by Crippen LogP contribution is -2.36. The number of carbonyl (C=O) groups excluding carboxylic acids is 2. The van der Waals surface area contributed by atoms with Gasteiger partial charge in [0.15, 0.2) is 0 Å². The number of unbranched alkanes of at least 4 members (excludes halogenated alkanes) is 10. The van der Waals surface area contributed by atoms with E-state index in [-0.39, 0.29) is 23.6 Å². The molecular weight excluding hydrogens is 432 g/mol. The number of nitrogens with one attached hydrogen (secondary N) is 2. The molecule has 1 aromatic rings. The zero-order chi connectivity index (χ0) is 24.2. The molecule has 0 aliphatic rings. The molecule has 0 aromatic heterocycles. The summed E-state index contributed by atoms with van der Waals surface area (Å²) in [5.41, 5.74) is 0. The lowest BCUT2D eigenvalue weighted by Gasteiger charge is -2.19. The summed E-state index contributed by atoms with van der Waals surface area (Å²) in [6.07, 6.45) is 17.2. The highest BCUT2D eigenvalue weighted by Gasteiger charge is 2.12. The van der Waals surface area contributed by atoms with Gasteiger partial charge in [-0.2, -0.15) is 0 Å². The van der Waals surface area contributed by atoms with Crippen LogP contribution in [-0.4, -0.2) is 35.8 Å². The van der Waals surface area contributed by atoms with E-state index in [0.29, 0.717) is 12.2 Å². The van der Waals surface area contributed by atoms with Gasteiger partial charge >= 0.3 is 0 Å². The number of carbonyl (C=O) groups is 2. The summed E-state index contributed by atoms with van der Waals surface area (Å²) in [5, 5.41) is 15.3. The molecule has 5 nitrogen and oxygen atoms in total. The Balaban J connectivity index is 2.26. The summed E-state index contributed by atoms with van der Waals surface area (Å²) in [4.78, 5) is 24.7. The molecule has 3 N–H and O–H groups in total. The molecule has 1 rings (SSSR count). The predicted molar refractivity (Wildman–Crippen MR) is 140 cm³/mol. The first kappa shape index (κ1) is 29.3. The molecule has 0 saturated carbocycles. The van der Waals surface area contributed by atoms with Crippen molar-refractivity contribution in [2.45, 2.75) is 114 Å². The van der Waals surface area contributed by atoms with Crippen LogP contribution in [-0.2, 0) is 9.59 Å². The number of aromatic hydroxyl groups is 1. The van der Waals surface area contributed by atoms with Crippen LogP contribution >= 0.6 is 11.8 Å². The van der Waals surface area contributed by atoms with Gasteiger partial charge in [-0.25, -0.2) is 0 Å². The van der Waals surface area contributed by atoms with Crippen molar-refractivity contribution in [1.82, 2.24) is 10.6 Å². The van der Waals surface area contributed by atoms with E-state index in [9.17, 15) is 14.7 Å². The van der Waals surface area contributed by atoms with Crippen LogP contribution in [0.1, 0.15) is 103 Å². The lowest BCUT2D eigenvalue weighted by atomic mass is 10.00. The first-order valence-electron chi connectivity index (χ1n) is 13.0. The van der Waals surface area contributed by atoms with E-state index in [4.69, 9.17) is 0 Å². The molecule has 0 fully saturated rings. The SMILES string of the molecule is CCCCCCCC(CCCCCCCCCC(=O)NC)NC(=O)CSc1ccc(O)cc1. The van der Waals surface area contributed by atoms with Crippen molar-refractivity contribution in [3.05, 3.63) is 24.3 Å². The van der Waals surface area contributed by atoms with E-state index in [2.05, 4.69) is 17.6 Å². The molecule has 0 radical (unpaired) electrons. The van der Waals surface area contributed by atoms with Gasteiger partial charge in [-0.3, -0.25) is 9.59 Å². The number of rotatable bonds is 20. The van der Waals surface area contributed by atoms with Crippen molar-refractivity contribution in [2.24, 2.45) is 0 Å². The van der Waals surface area contributed by atoms with Gasteiger partial charge in [-0.15, -0.1) is 11.8 Å². The fraction of sp³-hybridized carbons (Fsp3) is 0.704. The molecule has 2 amide bonds. The Hall–Kier alpha value is -1.69. The summed E-state index contributed by atoms with van der Waals surface area (Å²) in [6.45, 7) is 2.23. The molecule has 1 unspecified atom stereocenters. The minimum Gasteiger partial charge on any atom is -0.508 e. The minimum absolute atomic E-state index is 0.0998. The Bertz CT molecular complexity index is 637. The molecule has 1 atom stereocenters. The van der Waals surface area contributed by atoms with Crippen LogP contribution in [0.4, 0.5) is 0 Å². The highest BCUT2D eigenvalue weighted by Crippen LogP contribution is 2.21. The number of thioether (sulfide) groups is 1. The second-order valence-corrected chi connectivity index (χ2v) is 9.99. The zero-order valence-corrected chi connectivity index (χ0v) is 21.7. The molecular formula is C27H46N2O3S. The molecule has 188 valence electrons. The summed E-state index contributed by atoms with van der Waals surface area (Å²) < 4.78 is 0. The quantitative estimate of drug-likeness (QED) is 0.146. The fourth-order valence-corrected chi connectivity index (χ4v) is 4.64. The number of hydrogen-bond acceptors (Lipinski definition) is 4. The number of benzene rings is 1. The third-order valence-corrected chi connectivity index (χ3v) is 6.98. The van der Waals surface area contributed by atoms with E-state index in [1.54, 1.807) is 19.2 Å². The third-order valence-electron chi connectivity index (χ3n) is 5.96. The molecule has 0 spiro atoms. The van der Waals surface area contributed by atoms with E-state index in [0.717, 1.165) is 37.0 Å². The smallest absolute Gasteiger partial charge is 0.230 e. The Labute approximate surface area is 205 Å². The first-order chi connectivity index (χ1) is 16.0. The van der Waals surface area contributed by atoms with Crippen molar-refractivity contribution in [2.75, 3.05) is 12.8 Å². The number of hydrogen-bond donors (Lipinski definition) is 3. The standard InChI is InChI=1S/C27H46N2O3S/c1-3-4-5-9-12-15-23(16-13-10-7-6-8-11-14-17-26(31)28-2)29-27(32)22-33-25-20-18-24(30)19-21-25/h18-21,23,30H,3-17,22H2,1-2H3,(H,28,31)(H,29,32). The Kier molecular flexibility index (Phi) is 17.6. The average Bonchev–Trinajstić information content (AvgIpc) is 2.82.